The highest BCUT2D eigenvalue weighted by molar-refractivity contribution is 14.0. The zero-order valence-electron chi connectivity index (χ0n) is 14.5. The Labute approximate surface area is 162 Å². The average molecular weight is 438 g/mol. The second-order valence-corrected chi connectivity index (χ2v) is 6.08. The van der Waals surface area contributed by atoms with Gasteiger partial charge in [0.2, 0.25) is 0 Å². The summed E-state index contributed by atoms with van der Waals surface area (Å²) >= 11 is 0. The van der Waals surface area contributed by atoms with E-state index < -0.39 is 0 Å². The predicted molar refractivity (Wildman–Crippen MR) is 115 cm³/mol. The molecule has 2 aromatic carbocycles. The van der Waals surface area contributed by atoms with Crippen LogP contribution in [0.3, 0.4) is 0 Å². The van der Waals surface area contributed by atoms with Gasteiger partial charge in [-0.25, -0.2) is 0 Å². The molecule has 5 heteroatoms. The number of para-hydroxylation sites is 1. The smallest absolute Gasteiger partial charge is 0.193 e. The Hall–Kier alpha value is -1.76. The summed E-state index contributed by atoms with van der Waals surface area (Å²) in [6, 6.07) is 18.5. The summed E-state index contributed by atoms with van der Waals surface area (Å²) in [7, 11) is 0. The molecule has 1 unspecified atom stereocenters. The molecule has 2 rings (SSSR count). The first kappa shape index (κ1) is 20.3. The minimum atomic E-state index is 0. The third-order valence-electron chi connectivity index (χ3n) is 3.68. The summed E-state index contributed by atoms with van der Waals surface area (Å²) in [6.07, 6.45) is 0. The van der Waals surface area contributed by atoms with Crippen LogP contribution in [0, 0.1) is 12.8 Å². The van der Waals surface area contributed by atoms with Crippen molar-refractivity contribution >= 4 is 41.3 Å². The molecule has 1 atom stereocenters. The van der Waals surface area contributed by atoms with E-state index in [9.17, 15) is 0 Å². The number of aryl methyl sites for hydroxylation is 1. The number of halogens is 1. The SMILES string of the molecule is Cc1cccc(NC(N)=NCC(Nc2ccccc2)C(C)C)c1.I. The van der Waals surface area contributed by atoms with Crippen LogP contribution < -0.4 is 16.4 Å². The van der Waals surface area contributed by atoms with Crippen LogP contribution in [0.15, 0.2) is 59.6 Å². The Morgan fingerprint density at radius 3 is 2.33 bits per heavy atom. The predicted octanol–water partition coefficient (Wildman–Crippen LogP) is 4.48. The standard InChI is InChI=1S/C19H26N4.HI/c1-14(2)18(22-16-9-5-4-6-10-16)13-21-19(20)23-17-11-7-8-15(3)12-17;/h4-12,14,18,22H,13H2,1-3H3,(H3,20,21,23);1H. The van der Waals surface area contributed by atoms with Crippen molar-refractivity contribution < 1.29 is 0 Å². The highest BCUT2D eigenvalue weighted by Crippen LogP contribution is 2.13. The van der Waals surface area contributed by atoms with Gasteiger partial charge in [0.15, 0.2) is 5.96 Å². The highest BCUT2D eigenvalue weighted by Gasteiger charge is 2.12. The van der Waals surface area contributed by atoms with E-state index in [0.717, 1.165) is 11.4 Å². The van der Waals surface area contributed by atoms with E-state index in [1.54, 1.807) is 0 Å². The van der Waals surface area contributed by atoms with Gasteiger partial charge < -0.3 is 16.4 Å². The fraction of sp³-hybridized carbons (Fsp3) is 0.316. The first-order valence-electron chi connectivity index (χ1n) is 8.00. The van der Waals surface area contributed by atoms with Gasteiger partial charge in [-0.2, -0.15) is 0 Å². The number of hydrogen-bond donors (Lipinski definition) is 3. The molecule has 24 heavy (non-hydrogen) atoms. The molecule has 0 aromatic heterocycles. The number of nitrogens with zero attached hydrogens (tertiary/aromatic N) is 1. The van der Waals surface area contributed by atoms with Gasteiger partial charge >= 0.3 is 0 Å². The number of rotatable bonds is 6. The number of nitrogens with two attached hydrogens (primary N) is 1. The zero-order valence-corrected chi connectivity index (χ0v) is 16.8. The van der Waals surface area contributed by atoms with E-state index in [4.69, 9.17) is 5.73 Å². The lowest BCUT2D eigenvalue weighted by Gasteiger charge is -2.22. The minimum Gasteiger partial charge on any atom is -0.380 e. The number of benzene rings is 2. The molecule has 0 amide bonds. The molecular weight excluding hydrogens is 411 g/mol. The van der Waals surface area contributed by atoms with Crippen LogP contribution in [0.5, 0.6) is 0 Å². The Balaban J connectivity index is 0.00000288. The van der Waals surface area contributed by atoms with Crippen LogP contribution in [-0.4, -0.2) is 18.5 Å². The van der Waals surface area contributed by atoms with Crippen molar-refractivity contribution in [1.82, 2.24) is 0 Å². The van der Waals surface area contributed by atoms with Gasteiger partial charge in [-0.3, -0.25) is 4.99 Å². The van der Waals surface area contributed by atoms with E-state index in [1.165, 1.54) is 5.56 Å². The van der Waals surface area contributed by atoms with Gasteiger partial charge in [0.25, 0.3) is 0 Å². The molecule has 0 heterocycles. The molecule has 0 radical (unpaired) electrons. The summed E-state index contributed by atoms with van der Waals surface area (Å²) in [5.41, 5.74) is 9.26. The van der Waals surface area contributed by atoms with Crippen molar-refractivity contribution in [2.24, 2.45) is 16.6 Å². The van der Waals surface area contributed by atoms with Crippen LogP contribution in [0.2, 0.25) is 0 Å². The monoisotopic (exact) mass is 438 g/mol. The van der Waals surface area contributed by atoms with Crippen LogP contribution in [0.25, 0.3) is 0 Å². The molecule has 0 saturated heterocycles. The van der Waals surface area contributed by atoms with Gasteiger partial charge in [-0.05, 0) is 42.7 Å². The largest absolute Gasteiger partial charge is 0.380 e. The molecule has 4 N–H and O–H groups in total. The third-order valence-corrected chi connectivity index (χ3v) is 3.68. The number of anilines is 2. The van der Waals surface area contributed by atoms with Crippen LogP contribution in [-0.2, 0) is 0 Å². The van der Waals surface area contributed by atoms with Gasteiger partial charge in [0, 0.05) is 17.4 Å². The maximum Gasteiger partial charge on any atom is 0.193 e. The molecule has 0 fully saturated rings. The lowest BCUT2D eigenvalue weighted by molar-refractivity contribution is 0.532. The maximum absolute atomic E-state index is 6.01. The molecule has 4 nitrogen and oxygen atoms in total. The number of aliphatic imine (C=N–C) groups is 1. The first-order chi connectivity index (χ1) is 11.0. The fourth-order valence-corrected chi connectivity index (χ4v) is 2.28. The maximum atomic E-state index is 6.01. The number of hydrogen-bond acceptors (Lipinski definition) is 2. The van der Waals surface area contributed by atoms with Crippen LogP contribution >= 0.6 is 24.0 Å². The number of nitrogens with one attached hydrogen (secondary N) is 2. The van der Waals surface area contributed by atoms with Gasteiger partial charge in [0.05, 0.1) is 6.54 Å². The van der Waals surface area contributed by atoms with E-state index in [1.807, 2.05) is 36.4 Å². The van der Waals surface area contributed by atoms with E-state index in [2.05, 4.69) is 54.6 Å². The molecule has 0 aliphatic heterocycles. The second kappa shape index (κ2) is 10.2. The zero-order chi connectivity index (χ0) is 16.7. The molecule has 130 valence electrons. The summed E-state index contributed by atoms with van der Waals surface area (Å²) in [6.45, 7) is 7.04. The topological polar surface area (TPSA) is 62.4 Å². The van der Waals surface area contributed by atoms with Crippen LogP contribution in [0.1, 0.15) is 19.4 Å². The Kier molecular flexibility index (Phi) is 8.60. The lowest BCUT2D eigenvalue weighted by atomic mass is 10.0. The molecule has 2 aromatic rings. The quantitative estimate of drug-likeness (QED) is 0.354. The molecule has 0 spiro atoms. The lowest BCUT2D eigenvalue weighted by Crippen LogP contribution is -2.31. The van der Waals surface area contributed by atoms with Crippen molar-refractivity contribution in [2.45, 2.75) is 26.8 Å². The van der Waals surface area contributed by atoms with E-state index >= 15 is 0 Å². The Bertz CT molecular complexity index is 641. The molecular formula is C19H27IN4. The van der Waals surface area contributed by atoms with Crippen molar-refractivity contribution in [3.8, 4) is 0 Å². The average Bonchev–Trinajstić information content (AvgIpc) is 2.52. The molecule has 0 bridgehead atoms. The fourth-order valence-electron chi connectivity index (χ4n) is 2.28. The molecule has 0 aliphatic carbocycles. The summed E-state index contributed by atoms with van der Waals surface area (Å²) in [4.78, 5) is 4.49. The number of guanidine groups is 1. The van der Waals surface area contributed by atoms with E-state index in [-0.39, 0.29) is 30.0 Å². The van der Waals surface area contributed by atoms with Gasteiger partial charge in [-0.15, -0.1) is 24.0 Å². The highest BCUT2D eigenvalue weighted by atomic mass is 127. The van der Waals surface area contributed by atoms with Crippen LogP contribution in [0.4, 0.5) is 11.4 Å². The Morgan fingerprint density at radius 1 is 1.04 bits per heavy atom. The molecule has 0 saturated carbocycles. The second-order valence-electron chi connectivity index (χ2n) is 6.08. The van der Waals surface area contributed by atoms with Crippen molar-refractivity contribution in [1.29, 1.82) is 0 Å². The third kappa shape index (κ3) is 6.78. The molecule has 0 aliphatic rings. The first-order valence-corrected chi connectivity index (χ1v) is 8.00. The summed E-state index contributed by atoms with van der Waals surface area (Å²) in [5.74, 6) is 0.891. The van der Waals surface area contributed by atoms with E-state index in [0.29, 0.717) is 18.4 Å². The normalized spacial score (nSPS) is 12.4. The van der Waals surface area contributed by atoms with Gasteiger partial charge in [0.1, 0.15) is 0 Å². The summed E-state index contributed by atoms with van der Waals surface area (Å²) < 4.78 is 0. The van der Waals surface area contributed by atoms with Gasteiger partial charge in [-0.1, -0.05) is 44.2 Å². The van der Waals surface area contributed by atoms with Crippen molar-refractivity contribution in [2.75, 3.05) is 17.2 Å². The van der Waals surface area contributed by atoms with Crippen molar-refractivity contribution in [3.05, 3.63) is 60.2 Å². The minimum absolute atomic E-state index is 0. The summed E-state index contributed by atoms with van der Waals surface area (Å²) in [5, 5.41) is 6.66. The Morgan fingerprint density at radius 2 is 1.71 bits per heavy atom. The van der Waals surface area contributed by atoms with Crippen molar-refractivity contribution in [3.63, 3.8) is 0 Å².